The number of thiophene rings is 1. The number of carbonyl (C=O) groups excluding carboxylic acids is 1. The highest BCUT2D eigenvalue weighted by Gasteiger charge is 2.30. The second kappa shape index (κ2) is 4.68. The molecule has 1 aromatic rings. The second-order valence-electron chi connectivity index (χ2n) is 4.94. The number of rotatable bonds is 5. The molecule has 1 saturated carbocycles. The lowest BCUT2D eigenvalue weighted by atomic mass is 10.3. The molecule has 1 aliphatic carbocycles. The van der Waals surface area contributed by atoms with Gasteiger partial charge in [0.2, 0.25) is 0 Å². The summed E-state index contributed by atoms with van der Waals surface area (Å²) in [5.41, 5.74) is 11.0. The van der Waals surface area contributed by atoms with E-state index in [0.29, 0.717) is 10.9 Å². The van der Waals surface area contributed by atoms with E-state index in [1.807, 2.05) is 11.9 Å². The van der Waals surface area contributed by atoms with Crippen LogP contribution in [0.15, 0.2) is 4.90 Å². The zero-order chi connectivity index (χ0) is 14.4. The molecule has 0 unspecified atom stereocenters. The molecule has 2 rings (SSSR count). The Labute approximate surface area is 116 Å². The summed E-state index contributed by atoms with van der Waals surface area (Å²) in [5, 5.41) is 0.501. The second-order valence-corrected chi connectivity index (χ2v) is 7.89. The summed E-state index contributed by atoms with van der Waals surface area (Å²) in [6.45, 7) is 0.765. The first-order chi connectivity index (χ1) is 8.71. The first kappa shape index (κ1) is 14.1. The lowest BCUT2D eigenvalue weighted by Gasteiger charge is -2.18. The molecule has 1 aromatic heterocycles. The van der Waals surface area contributed by atoms with E-state index in [4.69, 9.17) is 11.5 Å². The van der Waals surface area contributed by atoms with Gasteiger partial charge in [-0.3, -0.25) is 4.79 Å². The minimum absolute atomic E-state index is 0.0226. The summed E-state index contributed by atoms with van der Waals surface area (Å²) in [5.74, 6) is -0.101. The summed E-state index contributed by atoms with van der Waals surface area (Å²) >= 11 is 1.05. The first-order valence-electron chi connectivity index (χ1n) is 5.85. The number of hydrogen-bond acceptors (Lipinski definition) is 6. The lowest BCUT2D eigenvalue weighted by Crippen LogP contribution is -2.20. The molecule has 0 radical (unpaired) electrons. The molecule has 106 valence electrons. The molecule has 0 spiro atoms. The highest BCUT2D eigenvalue weighted by Crippen LogP contribution is 2.42. The van der Waals surface area contributed by atoms with Crippen molar-refractivity contribution >= 4 is 37.8 Å². The van der Waals surface area contributed by atoms with Crippen LogP contribution in [0.4, 0.5) is 10.7 Å². The monoisotopic (exact) mass is 303 g/mol. The van der Waals surface area contributed by atoms with Crippen molar-refractivity contribution in [3.8, 4) is 0 Å². The van der Waals surface area contributed by atoms with Gasteiger partial charge in [-0.2, -0.15) is 0 Å². The van der Waals surface area contributed by atoms with Crippen LogP contribution in [0, 0.1) is 5.92 Å². The predicted octanol–water partition coefficient (Wildman–Crippen LogP) is 0.679. The van der Waals surface area contributed by atoms with Gasteiger partial charge in [0, 0.05) is 19.8 Å². The molecule has 19 heavy (non-hydrogen) atoms. The van der Waals surface area contributed by atoms with Crippen molar-refractivity contribution in [3.05, 3.63) is 4.88 Å². The number of nitrogen functional groups attached to an aromatic ring is 1. The molecule has 8 heteroatoms. The average Bonchev–Trinajstić information content (AvgIpc) is 2.97. The van der Waals surface area contributed by atoms with Gasteiger partial charge in [0.05, 0.1) is 5.69 Å². The minimum atomic E-state index is -3.50. The molecule has 6 nitrogen and oxygen atoms in total. The van der Waals surface area contributed by atoms with Crippen molar-refractivity contribution in [2.45, 2.75) is 17.7 Å². The summed E-state index contributed by atoms with van der Waals surface area (Å²) in [4.78, 5) is 13.3. The van der Waals surface area contributed by atoms with Crippen LogP contribution in [0.1, 0.15) is 22.5 Å². The van der Waals surface area contributed by atoms with Gasteiger partial charge in [-0.05, 0) is 18.8 Å². The Hall–Kier alpha value is -1.28. The molecule has 1 aliphatic rings. The van der Waals surface area contributed by atoms with Crippen molar-refractivity contribution in [2.24, 2.45) is 11.7 Å². The van der Waals surface area contributed by atoms with Crippen LogP contribution in [-0.4, -0.2) is 34.2 Å². The Morgan fingerprint density at radius 2 is 2.05 bits per heavy atom. The fourth-order valence-electron chi connectivity index (χ4n) is 1.98. The average molecular weight is 303 g/mol. The van der Waals surface area contributed by atoms with Gasteiger partial charge in [-0.15, -0.1) is 11.3 Å². The maximum Gasteiger partial charge on any atom is 0.261 e. The van der Waals surface area contributed by atoms with Crippen molar-refractivity contribution in [1.82, 2.24) is 0 Å². The van der Waals surface area contributed by atoms with Crippen molar-refractivity contribution < 1.29 is 13.2 Å². The largest absolute Gasteiger partial charge is 0.396 e. The molecule has 1 amide bonds. The fraction of sp³-hybridized carbons (Fsp3) is 0.545. The highest BCUT2D eigenvalue weighted by atomic mass is 32.2. The van der Waals surface area contributed by atoms with E-state index in [9.17, 15) is 13.2 Å². The van der Waals surface area contributed by atoms with Crippen LogP contribution < -0.4 is 16.4 Å². The van der Waals surface area contributed by atoms with Gasteiger partial charge >= 0.3 is 0 Å². The predicted molar refractivity (Wildman–Crippen MR) is 76.4 cm³/mol. The molecule has 1 heterocycles. The Bertz CT molecular complexity index is 617. The number of nitrogens with two attached hydrogens (primary N) is 2. The zero-order valence-corrected chi connectivity index (χ0v) is 12.5. The Morgan fingerprint density at radius 1 is 1.47 bits per heavy atom. The van der Waals surface area contributed by atoms with Crippen LogP contribution in [0.2, 0.25) is 0 Å². The SMILES string of the molecule is CN(CC1CC1)c1sc(C(N)=O)c(N)c1S(C)(=O)=O. The number of hydrogen-bond donors (Lipinski definition) is 2. The molecule has 0 aliphatic heterocycles. The number of primary amides is 1. The van der Waals surface area contributed by atoms with Crippen LogP contribution in [-0.2, 0) is 9.84 Å². The van der Waals surface area contributed by atoms with E-state index >= 15 is 0 Å². The number of amides is 1. The third-order valence-corrected chi connectivity index (χ3v) is 5.67. The summed E-state index contributed by atoms with van der Waals surface area (Å²) < 4.78 is 23.7. The van der Waals surface area contributed by atoms with Crippen molar-refractivity contribution in [2.75, 3.05) is 30.5 Å². The van der Waals surface area contributed by atoms with Crippen LogP contribution in [0.3, 0.4) is 0 Å². The van der Waals surface area contributed by atoms with Crippen LogP contribution >= 0.6 is 11.3 Å². The smallest absolute Gasteiger partial charge is 0.261 e. The molecule has 0 saturated heterocycles. The highest BCUT2D eigenvalue weighted by molar-refractivity contribution is 7.91. The summed E-state index contributed by atoms with van der Waals surface area (Å²) in [6.07, 6.45) is 3.40. The van der Waals surface area contributed by atoms with Crippen molar-refractivity contribution in [1.29, 1.82) is 0 Å². The van der Waals surface area contributed by atoms with E-state index < -0.39 is 15.7 Å². The van der Waals surface area contributed by atoms with Crippen LogP contribution in [0.25, 0.3) is 0 Å². The molecular formula is C11H17N3O3S2. The molecule has 0 atom stereocenters. The number of carbonyl (C=O) groups is 1. The van der Waals surface area contributed by atoms with Gasteiger partial charge in [0.25, 0.3) is 5.91 Å². The zero-order valence-electron chi connectivity index (χ0n) is 10.8. The van der Waals surface area contributed by atoms with Gasteiger partial charge < -0.3 is 16.4 Å². The number of nitrogens with zero attached hydrogens (tertiary/aromatic N) is 1. The first-order valence-corrected chi connectivity index (χ1v) is 8.56. The van der Waals surface area contributed by atoms with Gasteiger partial charge in [0.1, 0.15) is 14.8 Å². The standard InChI is InChI=1S/C11H17N3O3S2/c1-14(5-6-3-4-6)11-9(19(2,16)17)7(12)8(18-11)10(13)15/h6H,3-5,12H2,1-2H3,(H2,13,15). The molecule has 0 aromatic carbocycles. The quantitative estimate of drug-likeness (QED) is 0.832. The van der Waals surface area contributed by atoms with Crippen molar-refractivity contribution in [3.63, 3.8) is 0 Å². The normalized spacial score (nSPS) is 15.5. The molecule has 1 fully saturated rings. The van der Waals surface area contributed by atoms with Gasteiger partial charge in [-0.1, -0.05) is 0 Å². The molecule has 0 bridgehead atoms. The topological polar surface area (TPSA) is 106 Å². The van der Waals surface area contributed by atoms with Gasteiger partial charge in [0.15, 0.2) is 9.84 Å². The molecule has 4 N–H and O–H groups in total. The third-order valence-electron chi connectivity index (χ3n) is 3.05. The number of sulfone groups is 1. The fourth-order valence-corrected chi connectivity index (χ4v) is 4.54. The van der Waals surface area contributed by atoms with Crippen LogP contribution in [0.5, 0.6) is 0 Å². The maximum absolute atomic E-state index is 11.9. The molecular weight excluding hydrogens is 286 g/mol. The Balaban J connectivity index is 2.51. The Morgan fingerprint density at radius 3 is 2.47 bits per heavy atom. The van der Waals surface area contributed by atoms with E-state index in [1.54, 1.807) is 0 Å². The Kier molecular flexibility index (Phi) is 3.48. The third kappa shape index (κ3) is 2.84. The number of anilines is 2. The minimum Gasteiger partial charge on any atom is -0.396 e. The van der Waals surface area contributed by atoms with E-state index in [-0.39, 0.29) is 15.5 Å². The van der Waals surface area contributed by atoms with E-state index in [1.165, 1.54) is 0 Å². The summed E-state index contributed by atoms with van der Waals surface area (Å²) in [6, 6.07) is 0. The van der Waals surface area contributed by atoms with E-state index in [2.05, 4.69) is 0 Å². The lowest BCUT2D eigenvalue weighted by molar-refractivity contribution is 0.100. The maximum atomic E-state index is 11.9. The van der Waals surface area contributed by atoms with E-state index in [0.717, 1.165) is 37.0 Å². The summed E-state index contributed by atoms with van der Waals surface area (Å²) in [7, 11) is -1.69. The van der Waals surface area contributed by atoms with Gasteiger partial charge in [-0.25, -0.2) is 8.42 Å².